The van der Waals surface area contributed by atoms with E-state index >= 15 is 0 Å². The first kappa shape index (κ1) is 15.6. The molecule has 1 aromatic carbocycles. The van der Waals surface area contributed by atoms with E-state index in [-0.39, 0.29) is 18.1 Å². The van der Waals surface area contributed by atoms with E-state index in [0.717, 1.165) is 11.8 Å². The topological polar surface area (TPSA) is 69.3 Å². The first-order valence-electron chi connectivity index (χ1n) is 6.72. The highest BCUT2D eigenvalue weighted by Gasteiger charge is 2.12. The summed E-state index contributed by atoms with van der Waals surface area (Å²) in [5.41, 5.74) is 0.576. The molecular formula is C16H16FN3O2. The number of nitrogens with one attached hydrogen (secondary N) is 1. The SMILES string of the molecule is Cc1ccc(CN(C)C(=O)NCc2ccc(C#N)cc2F)o1. The van der Waals surface area contributed by atoms with Crippen molar-refractivity contribution >= 4 is 6.03 Å². The second-order valence-electron chi connectivity index (χ2n) is 4.95. The van der Waals surface area contributed by atoms with Gasteiger partial charge < -0.3 is 14.6 Å². The summed E-state index contributed by atoms with van der Waals surface area (Å²) in [6.07, 6.45) is 0. The van der Waals surface area contributed by atoms with Gasteiger partial charge in [0.05, 0.1) is 18.2 Å². The summed E-state index contributed by atoms with van der Waals surface area (Å²) in [4.78, 5) is 13.4. The summed E-state index contributed by atoms with van der Waals surface area (Å²) < 4.78 is 19.1. The van der Waals surface area contributed by atoms with E-state index in [2.05, 4.69) is 5.32 Å². The maximum atomic E-state index is 13.7. The molecular weight excluding hydrogens is 285 g/mol. The van der Waals surface area contributed by atoms with Crippen LogP contribution >= 0.6 is 0 Å². The molecule has 0 saturated heterocycles. The highest BCUT2D eigenvalue weighted by Crippen LogP contribution is 2.11. The maximum absolute atomic E-state index is 13.7. The van der Waals surface area contributed by atoms with E-state index in [4.69, 9.17) is 9.68 Å². The van der Waals surface area contributed by atoms with Gasteiger partial charge >= 0.3 is 6.03 Å². The summed E-state index contributed by atoms with van der Waals surface area (Å²) in [5, 5.41) is 11.3. The lowest BCUT2D eigenvalue weighted by molar-refractivity contribution is 0.202. The van der Waals surface area contributed by atoms with Crippen LogP contribution in [0.15, 0.2) is 34.7 Å². The summed E-state index contributed by atoms with van der Waals surface area (Å²) >= 11 is 0. The highest BCUT2D eigenvalue weighted by molar-refractivity contribution is 5.73. The maximum Gasteiger partial charge on any atom is 0.317 e. The van der Waals surface area contributed by atoms with Crippen LogP contribution in [0.3, 0.4) is 0 Å². The minimum Gasteiger partial charge on any atom is -0.464 e. The molecule has 0 bridgehead atoms. The Morgan fingerprint density at radius 1 is 1.41 bits per heavy atom. The molecule has 0 aliphatic carbocycles. The number of nitrogens with zero attached hydrogens (tertiary/aromatic N) is 2. The minimum atomic E-state index is -0.510. The second-order valence-corrected chi connectivity index (χ2v) is 4.95. The van der Waals surface area contributed by atoms with Gasteiger partial charge in [0.25, 0.3) is 0 Å². The fourth-order valence-electron chi connectivity index (χ4n) is 1.94. The third kappa shape index (κ3) is 3.85. The Labute approximate surface area is 128 Å². The highest BCUT2D eigenvalue weighted by atomic mass is 19.1. The van der Waals surface area contributed by atoms with E-state index in [1.807, 2.05) is 19.1 Å². The molecule has 0 aliphatic rings. The number of hydrogen-bond acceptors (Lipinski definition) is 3. The van der Waals surface area contributed by atoms with Crippen LogP contribution in [-0.4, -0.2) is 18.0 Å². The number of carbonyl (C=O) groups excluding carboxylic acids is 1. The Bertz CT molecular complexity index is 718. The first-order valence-corrected chi connectivity index (χ1v) is 6.72. The van der Waals surface area contributed by atoms with Gasteiger partial charge in [0.1, 0.15) is 17.3 Å². The third-order valence-corrected chi connectivity index (χ3v) is 3.15. The van der Waals surface area contributed by atoms with E-state index in [0.29, 0.717) is 17.9 Å². The van der Waals surface area contributed by atoms with Crippen molar-refractivity contribution in [1.82, 2.24) is 10.2 Å². The number of nitriles is 1. The lowest BCUT2D eigenvalue weighted by Crippen LogP contribution is -2.36. The number of aryl methyl sites for hydroxylation is 1. The number of amides is 2. The predicted octanol–water partition coefficient (Wildman–Crippen LogP) is 2.94. The van der Waals surface area contributed by atoms with Crippen molar-refractivity contribution in [2.45, 2.75) is 20.0 Å². The molecule has 0 radical (unpaired) electrons. The molecule has 2 amide bonds. The number of urea groups is 1. The van der Waals surface area contributed by atoms with Crippen LogP contribution in [0.2, 0.25) is 0 Å². The molecule has 2 aromatic rings. The van der Waals surface area contributed by atoms with Crippen molar-refractivity contribution in [3.63, 3.8) is 0 Å². The average molecular weight is 301 g/mol. The molecule has 1 N–H and O–H groups in total. The number of benzene rings is 1. The Balaban J connectivity index is 1.91. The molecule has 5 nitrogen and oxygen atoms in total. The molecule has 1 aromatic heterocycles. The Hall–Kier alpha value is -2.81. The number of carbonyl (C=O) groups is 1. The predicted molar refractivity (Wildman–Crippen MR) is 78.3 cm³/mol. The molecule has 0 spiro atoms. The van der Waals surface area contributed by atoms with Crippen molar-refractivity contribution in [3.05, 3.63) is 58.8 Å². The van der Waals surface area contributed by atoms with Crippen molar-refractivity contribution in [2.75, 3.05) is 7.05 Å². The quantitative estimate of drug-likeness (QED) is 0.944. The largest absolute Gasteiger partial charge is 0.464 e. The number of hydrogen-bond donors (Lipinski definition) is 1. The van der Waals surface area contributed by atoms with E-state index in [1.165, 1.54) is 17.0 Å². The van der Waals surface area contributed by atoms with E-state index in [1.54, 1.807) is 13.1 Å². The summed E-state index contributed by atoms with van der Waals surface area (Å²) in [5.74, 6) is 0.951. The molecule has 2 rings (SSSR count). The van der Waals surface area contributed by atoms with Gasteiger partial charge in [-0.15, -0.1) is 0 Å². The van der Waals surface area contributed by atoms with Gasteiger partial charge in [0.15, 0.2) is 0 Å². The Morgan fingerprint density at radius 3 is 2.77 bits per heavy atom. The van der Waals surface area contributed by atoms with Gasteiger partial charge in [-0.1, -0.05) is 6.07 Å². The van der Waals surface area contributed by atoms with Crippen LogP contribution in [0.25, 0.3) is 0 Å². The van der Waals surface area contributed by atoms with Crippen molar-refractivity contribution in [3.8, 4) is 6.07 Å². The van der Waals surface area contributed by atoms with Gasteiger partial charge in [-0.25, -0.2) is 9.18 Å². The fraction of sp³-hybridized carbons (Fsp3) is 0.250. The van der Waals surface area contributed by atoms with Crippen LogP contribution in [0.5, 0.6) is 0 Å². The molecule has 0 unspecified atom stereocenters. The lowest BCUT2D eigenvalue weighted by atomic mass is 10.1. The summed E-state index contributed by atoms with van der Waals surface area (Å²) in [6.45, 7) is 2.21. The van der Waals surface area contributed by atoms with Crippen LogP contribution < -0.4 is 5.32 Å². The summed E-state index contributed by atoms with van der Waals surface area (Å²) in [7, 11) is 1.63. The summed E-state index contributed by atoms with van der Waals surface area (Å²) in [6, 6.07) is 9.31. The smallest absolute Gasteiger partial charge is 0.317 e. The molecule has 6 heteroatoms. The molecule has 114 valence electrons. The molecule has 0 atom stereocenters. The molecule has 22 heavy (non-hydrogen) atoms. The number of furan rings is 1. The minimum absolute atomic E-state index is 0.0535. The fourth-order valence-corrected chi connectivity index (χ4v) is 1.94. The van der Waals surface area contributed by atoms with Gasteiger partial charge in [0, 0.05) is 19.2 Å². The van der Waals surface area contributed by atoms with Crippen LogP contribution in [0.1, 0.15) is 22.6 Å². The van der Waals surface area contributed by atoms with E-state index < -0.39 is 5.82 Å². The standard InChI is InChI=1S/C16H16FN3O2/c1-11-3-6-14(22-11)10-20(2)16(21)19-9-13-5-4-12(8-18)7-15(13)17/h3-7H,9-10H2,1-2H3,(H,19,21). The lowest BCUT2D eigenvalue weighted by Gasteiger charge is -2.17. The van der Waals surface area contributed by atoms with Gasteiger partial charge in [0.2, 0.25) is 0 Å². The zero-order valence-corrected chi connectivity index (χ0v) is 12.4. The molecule has 1 heterocycles. The normalized spacial score (nSPS) is 10.1. The monoisotopic (exact) mass is 301 g/mol. The molecule has 0 saturated carbocycles. The van der Waals surface area contributed by atoms with Crippen LogP contribution in [0, 0.1) is 24.1 Å². The zero-order chi connectivity index (χ0) is 16.1. The van der Waals surface area contributed by atoms with Gasteiger partial charge in [-0.3, -0.25) is 0 Å². The number of halogens is 1. The molecule has 0 fully saturated rings. The van der Waals surface area contributed by atoms with E-state index in [9.17, 15) is 9.18 Å². The average Bonchev–Trinajstić information content (AvgIpc) is 2.90. The van der Waals surface area contributed by atoms with Gasteiger partial charge in [-0.2, -0.15) is 5.26 Å². The van der Waals surface area contributed by atoms with Crippen molar-refractivity contribution in [2.24, 2.45) is 0 Å². The third-order valence-electron chi connectivity index (χ3n) is 3.15. The number of rotatable bonds is 4. The van der Waals surface area contributed by atoms with Crippen molar-refractivity contribution in [1.29, 1.82) is 5.26 Å². The zero-order valence-electron chi connectivity index (χ0n) is 12.4. The van der Waals surface area contributed by atoms with Crippen molar-refractivity contribution < 1.29 is 13.6 Å². The second kappa shape index (κ2) is 6.76. The van der Waals surface area contributed by atoms with Crippen LogP contribution in [0.4, 0.5) is 9.18 Å². The molecule has 0 aliphatic heterocycles. The first-order chi connectivity index (χ1) is 10.5. The van der Waals surface area contributed by atoms with Crippen LogP contribution in [-0.2, 0) is 13.1 Å². The Kier molecular flexibility index (Phi) is 4.79. The van der Waals surface area contributed by atoms with Gasteiger partial charge in [-0.05, 0) is 31.2 Å². The Morgan fingerprint density at radius 2 is 2.18 bits per heavy atom.